The van der Waals surface area contributed by atoms with E-state index in [0.29, 0.717) is 0 Å². The molecule has 0 atom stereocenters. The third-order valence-corrected chi connectivity index (χ3v) is 50.0. The number of quaternary nitrogens is 1. The van der Waals surface area contributed by atoms with Gasteiger partial charge in [-0.2, -0.15) is 0 Å². The molecule has 3 N–H and O–H groups in total. The van der Waals surface area contributed by atoms with Gasteiger partial charge in [0.1, 0.15) is 90.7 Å². The lowest BCUT2D eigenvalue weighted by molar-refractivity contribution is -0.255. The highest BCUT2D eigenvalue weighted by Crippen LogP contribution is 2.48. The van der Waals surface area contributed by atoms with Crippen molar-refractivity contribution in [2.45, 2.75) is 247 Å². The first-order valence-electron chi connectivity index (χ1n) is 31.6. The van der Waals surface area contributed by atoms with Gasteiger partial charge in [0.25, 0.3) is 0 Å². The molecule has 0 fully saturated rings. The van der Waals surface area contributed by atoms with Gasteiger partial charge in [-0.15, -0.1) is 21.9 Å². The molecule has 0 bridgehead atoms. The van der Waals surface area contributed by atoms with E-state index in [4.69, 9.17) is 0 Å². The van der Waals surface area contributed by atoms with Gasteiger partial charge in [0.2, 0.25) is 0 Å². The molecule has 504 valence electrons. The van der Waals surface area contributed by atoms with E-state index in [2.05, 4.69) is 25.6 Å². The van der Waals surface area contributed by atoms with Crippen molar-refractivity contribution in [3.63, 3.8) is 0 Å². The number of aryl methyl sites for hydroxylation is 1. The summed E-state index contributed by atoms with van der Waals surface area (Å²) in [6.45, 7) is 39.4. The highest BCUT2D eigenvalue weighted by atomic mass is 28.3. The average Bonchev–Trinajstić information content (AvgIpc) is 0.674. The fourth-order valence-corrected chi connectivity index (χ4v) is 45.6. The average molecular weight is 1350 g/mol. The van der Waals surface area contributed by atoms with Gasteiger partial charge in [0, 0.05) is 26.3 Å². The van der Waals surface area contributed by atoms with Crippen molar-refractivity contribution < 1.29 is 76.0 Å². The van der Waals surface area contributed by atoms with Crippen molar-refractivity contribution in [3.05, 3.63) is 122 Å². The van der Waals surface area contributed by atoms with Crippen LogP contribution in [0.5, 0.6) is 0 Å². The van der Waals surface area contributed by atoms with E-state index < -0.39 is 241 Å². The minimum Gasteiger partial charge on any atom is -0.325 e. The summed E-state index contributed by atoms with van der Waals surface area (Å²) < 4.78 is 295. The van der Waals surface area contributed by atoms with Crippen molar-refractivity contribution >= 4 is 86.7 Å². The topological polar surface area (TPSA) is 27.6 Å². The Morgan fingerprint density at radius 3 is 0.511 bits per heavy atom. The Morgan fingerprint density at radius 2 is 0.400 bits per heavy atom. The summed E-state index contributed by atoms with van der Waals surface area (Å²) in [5.41, 5.74) is -14.3. The van der Waals surface area contributed by atoms with E-state index in [1.165, 1.54) is 177 Å². The van der Waals surface area contributed by atoms with Crippen molar-refractivity contribution in [1.29, 1.82) is 0 Å². The lowest BCUT2D eigenvalue weighted by Crippen LogP contribution is -2.82. The highest BCUT2D eigenvalue weighted by molar-refractivity contribution is 7.20. The molecule has 0 spiro atoms. The molecule has 5 rings (SSSR count). The SMILES string of the molecule is CC(C)[Si](c1c(F)c(F)c([B-](c2c(F)c(F)c([Si](C(C)C)(C(C)C)C(C)C)c(F)c2F)(c2c(F)c(F)c([Si](C(C)C)(C(C)C)C(C)C)c(F)c2F)c2c(F)c(F)c([Si](C(C)C)(C(C)C)C(C)C)c(F)c2F)c(F)c1F)(C(C)C)C(C)C.Cc1cccc([NH3+])c1C. The predicted octanol–water partition coefficient (Wildman–Crippen LogP) is 18.0. The van der Waals surface area contributed by atoms with Crippen molar-refractivity contribution in [1.82, 2.24) is 0 Å². The zero-order chi connectivity index (χ0) is 70.1. The smallest absolute Gasteiger partial charge is 0.157 e. The molecule has 0 aromatic heterocycles. The predicted molar refractivity (Wildman–Crippen MR) is 351 cm³/mol. The van der Waals surface area contributed by atoms with E-state index in [0.717, 1.165) is 5.69 Å². The van der Waals surface area contributed by atoms with Gasteiger partial charge in [-0.25, -0.2) is 70.2 Å². The molecular weight excluding hydrogens is 1260 g/mol. The molecule has 0 aliphatic heterocycles. The summed E-state index contributed by atoms with van der Waals surface area (Å²) in [4.78, 5) is 0. The third kappa shape index (κ3) is 11.3. The van der Waals surface area contributed by atoms with Crippen LogP contribution in [0.3, 0.4) is 0 Å². The summed E-state index contributed by atoms with van der Waals surface area (Å²) >= 11 is 0. The van der Waals surface area contributed by atoms with Crippen LogP contribution in [-0.4, -0.2) is 38.4 Å². The van der Waals surface area contributed by atoms with Crippen LogP contribution < -0.4 is 48.3 Å². The molecule has 0 radical (unpaired) electrons. The first-order valence-corrected chi connectivity index (χ1v) is 40.5. The Hall–Kier alpha value is -4.13. The van der Waals surface area contributed by atoms with Gasteiger partial charge in [-0.05, 0) is 92.0 Å². The fourth-order valence-electron chi connectivity index (χ4n) is 18.8. The van der Waals surface area contributed by atoms with Crippen LogP contribution in [0.25, 0.3) is 0 Å². The number of rotatable bonds is 20. The van der Waals surface area contributed by atoms with Gasteiger partial charge in [-0.3, -0.25) is 0 Å². The Balaban J connectivity index is 0.00000176. The van der Waals surface area contributed by atoms with E-state index in [9.17, 15) is 0 Å². The Labute approximate surface area is 529 Å². The Kier molecular flexibility index (Phi) is 24.4. The van der Waals surface area contributed by atoms with Crippen LogP contribution in [0, 0.1) is 107 Å². The van der Waals surface area contributed by atoms with E-state index in [-0.39, 0.29) is 0 Å². The lowest BCUT2D eigenvalue weighted by Gasteiger charge is -2.49. The summed E-state index contributed by atoms with van der Waals surface area (Å²) in [6.07, 6.45) is -6.86. The van der Waals surface area contributed by atoms with E-state index in [1.54, 1.807) is 0 Å². The molecule has 5 aromatic carbocycles. The quantitative estimate of drug-likeness (QED) is 0.0457. The van der Waals surface area contributed by atoms with Crippen LogP contribution in [0.15, 0.2) is 18.2 Å². The molecule has 0 aliphatic carbocycles. The molecule has 0 saturated carbocycles. The minimum atomic E-state index is -6.86. The minimum absolute atomic E-state index is 0.866. The molecular formula is C68H96BF16NSi4. The van der Waals surface area contributed by atoms with Crippen molar-refractivity contribution in [2.75, 3.05) is 0 Å². The van der Waals surface area contributed by atoms with E-state index >= 15 is 70.2 Å². The summed E-state index contributed by atoms with van der Waals surface area (Å²) in [5, 5.41) is -5.31. The van der Waals surface area contributed by atoms with Crippen molar-refractivity contribution in [3.8, 4) is 0 Å². The second kappa shape index (κ2) is 28.1. The van der Waals surface area contributed by atoms with Gasteiger partial charge >= 0.3 is 0 Å². The molecule has 0 amide bonds. The van der Waals surface area contributed by atoms with Gasteiger partial charge in [0.05, 0.1) is 0 Å². The Morgan fingerprint density at radius 1 is 0.256 bits per heavy atom. The standard InChI is InChI=1S/C60H84BF16Si4.C8H11N/c1-25(2)78(26(3)4,27(5)6)57-49(70)41(62)37(42(63)50(57)71)61(38-43(64)51(72)58(52(73)44(38)65)79(28(7)8,29(9)10)30(11)12,39-45(66)53(74)59(54(75)46(39)67)80(31(13)14,32(15)16)33(17)18)40-47(68)55(76)60(56(77)48(40)69)81(34(19)20,35(21)22)36(23)24;1-6-4-3-5-8(9)7(6)2/h25-36H,1-24H3;3-5H,9H2,1-2H3/q-1;/p+1. The Bertz CT molecular complexity index is 2860. The molecule has 0 heterocycles. The first-order chi connectivity index (χ1) is 41.1. The maximum atomic E-state index is 18.7. The maximum Gasteiger partial charge on any atom is 0.157 e. The molecule has 0 aliphatic rings. The summed E-state index contributed by atoms with van der Waals surface area (Å²) in [5.74, 6) is -43.6. The first kappa shape index (κ1) is 78.3. The number of hydrogen-bond donors (Lipinski definition) is 1. The van der Waals surface area contributed by atoms with Gasteiger partial charge in [0.15, 0.2) is 46.5 Å². The second-order valence-corrected chi connectivity index (χ2v) is 52.3. The van der Waals surface area contributed by atoms with Crippen LogP contribution in [-0.2, 0) is 0 Å². The molecule has 1 nitrogen and oxygen atoms in total. The number of benzene rings is 5. The van der Waals surface area contributed by atoms with Crippen LogP contribution in [0.1, 0.15) is 177 Å². The normalized spacial score (nSPS) is 13.4. The zero-order valence-corrected chi connectivity index (χ0v) is 61.5. The fraction of sp³-hybridized carbons (Fsp3) is 0.559. The number of hydrogen-bond acceptors (Lipinski definition) is 0. The molecule has 22 heteroatoms. The molecule has 0 unspecified atom stereocenters. The molecule has 5 aromatic rings. The maximum absolute atomic E-state index is 18.7. The van der Waals surface area contributed by atoms with Crippen LogP contribution in [0.2, 0.25) is 66.5 Å². The van der Waals surface area contributed by atoms with Gasteiger partial charge < -0.3 is 5.73 Å². The third-order valence-electron chi connectivity index (χ3n) is 21.8. The largest absolute Gasteiger partial charge is 0.325 e. The summed E-state index contributed by atoms with van der Waals surface area (Å²) in [6, 6.07) is 6.16. The number of halogens is 16. The van der Waals surface area contributed by atoms with E-state index in [1.807, 2.05) is 12.1 Å². The second-order valence-electron chi connectivity index (χ2n) is 29.0. The highest BCUT2D eigenvalue weighted by Gasteiger charge is 2.59. The van der Waals surface area contributed by atoms with Crippen LogP contribution in [0.4, 0.5) is 75.9 Å². The monoisotopic (exact) mass is 1350 g/mol. The van der Waals surface area contributed by atoms with Crippen LogP contribution >= 0.6 is 0 Å². The lowest BCUT2D eigenvalue weighted by atomic mass is 9.12. The van der Waals surface area contributed by atoms with Gasteiger partial charge in [-0.1, -0.05) is 178 Å². The zero-order valence-electron chi connectivity index (χ0n) is 57.5. The summed E-state index contributed by atoms with van der Waals surface area (Å²) in [7, 11) is -16.8. The molecule has 90 heavy (non-hydrogen) atoms. The molecule has 0 saturated heterocycles. The van der Waals surface area contributed by atoms with Crippen molar-refractivity contribution in [2.24, 2.45) is 0 Å².